The van der Waals surface area contributed by atoms with Crippen molar-refractivity contribution in [3.8, 4) is 0 Å². The first-order chi connectivity index (χ1) is 11.3. The number of aryl methyl sites for hydroxylation is 1. The first-order valence-corrected chi connectivity index (χ1v) is 8.41. The second kappa shape index (κ2) is 7.07. The van der Waals surface area contributed by atoms with Gasteiger partial charge in [0, 0.05) is 29.9 Å². The van der Waals surface area contributed by atoms with Crippen molar-refractivity contribution in [3.63, 3.8) is 0 Å². The lowest BCUT2D eigenvalue weighted by atomic mass is 9.88. The molecule has 0 spiro atoms. The Labute approximate surface area is 144 Å². The van der Waals surface area contributed by atoms with Gasteiger partial charge in [-0.15, -0.1) is 0 Å². The van der Waals surface area contributed by atoms with E-state index < -0.39 is 0 Å². The molecule has 0 radical (unpaired) electrons. The molecule has 0 aliphatic carbocycles. The monoisotopic (exact) mass is 329 g/mol. The van der Waals surface area contributed by atoms with Gasteiger partial charge in [0.15, 0.2) is 0 Å². The maximum atomic E-state index is 12.7. The van der Waals surface area contributed by atoms with Crippen LogP contribution in [-0.2, 0) is 5.41 Å². The molecular formula is C19H27N3O2. The lowest BCUT2D eigenvalue weighted by Gasteiger charge is -2.21. The summed E-state index contributed by atoms with van der Waals surface area (Å²) in [4.78, 5) is 14.9. The Morgan fingerprint density at radius 2 is 1.75 bits per heavy atom. The number of aromatic nitrogens is 1. The van der Waals surface area contributed by atoms with E-state index in [1.165, 1.54) is 0 Å². The first-order valence-electron chi connectivity index (χ1n) is 8.41. The van der Waals surface area contributed by atoms with Gasteiger partial charge in [-0.25, -0.2) is 0 Å². The summed E-state index contributed by atoms with van der Waals surface area (Å²) < 4.78 is 5.24. The number of benzene rings is 1. The molecule has 130 valence electrons. The Hall–Kier alpha value is -2.30. The molecule has 1 amide bonds. The Kier molecular flexibility index (Phi) is 5.32. The van der Waals surface area contributed by atoms with Crippen molar-refractivity contribution in [1.82, 2.24) is 5.16 Å². The summed E-state index contributed by atoms with van der Waals surface area (Å²) in [6, 6.07) is 7.89. The van der Waals surface area contributed by atoms with Crippen molar-refractivity contribution in [2.24, 2.45) is 0 Å². The zero-order valence-corrected chi connectivity index (χ0v) is 15.4. The van der Waals surface area contributed by atoms with Crippen LogP contribution in [0.25, 0.3) is 0 Å². The van der Waals surface area contributed by atoms with Crippen molar-refractivity contribution < 1.29 is 9.32 Å². The SMILES string of the molecule is CCN(CC)c1ccc(NC(=O)c2c(C(C)(C)C)noc2C)cc1. The average molecular weight is 329 g/mol. The van der Waals surface area contributed by atoms with Crippen LogP contribution in [0.3, 0.4) is 0 Å². The Bertz CT molecular complexity index is 692. The van der Waals surface area contributed by atoms with Crippen LogP contribution in [-0.4, -0.2) is 24.2 Å². The highest BCUT2D eigenvalue weighted by Gasteiger charge is 2.28. The summed E-state index contributed by atoms with van der Waals surface area (Å²) in [5.74, 6) is 0.353. The third-order valence-electron chi connectivity index (χ3n) is 4.05. The van der Waals surface area contributed by atoms with E-state index in [2.05, 4.69) is 29.2 Å². The van der Waals surface area contributed by atoms with E-state index in [1.807, 2.05) is 45.0 Å². The van der Waals surface area contributed by atoms with Crippen LogP contribution in [0.2, 0.25) is 0 Å². The highest BCUT2D eigenvalue weighted by atomic mass is 16.5. The molecule has 1 N–H and O–H groups in total. The third kappa shape index (κ3) is 3.78. The molecule has 0 bridgehead atoms. The van der Waals surface area contributed by atoms with Crippen LogP contribution in [0.4, 0.5) is 11.4 Å². The number of carbonyl (C=O) groups excluding carboxylic acids is 1. The molecule has 2 aromatic rings. The number of nitrogens with zero attached hydrogens (tertiary/aromatic N) is 2. The van der Waals surface area contributed by atoms with Gasteiger partial charge in [-0.3, -0.25) is 4.79 Å². The lowest BCUT2D eigenvalue weighted by molar-refractivity contribution is 0.102. The molecule has 5 heteroatoms. The van der Waals surface area contributed by atoms with E-state index in [1.54, 1.807) is 6.92 Å². The van der Waals surface area contributed by atoms with Gasteiger partial charge in [-0.05, 0) is 45.0 Å². The number of hydrogen-bond acceptors (Lipinski definition) is 4. The molecule has 1 heterocycles. The lowest BCUT2D eigenvalue weighted by Crippen LogP contribution is -2.22. The summed E-state index contributed by atoms with van der Waals surface area (Å²) in [5, 5.41) is 7.01. The second-order valence-corrected chi connectivity index (χ2v) is 6.89. The van der Waals surface area contributed by atoms with E-state index in [-0.39, 0.29) is 11.3 Å². The van der Waals surface area contributed by atoms with Crippen molar-refractivity contribution in [1.29, 1.82) is 0 Å². The predicted octanol–water partition coefficient (Wildman–Crippen LogP) is 4.38. The van der Waals surface area contributed by atoms with E-state index in [9.17, 15) is 4.79 Å². The molecule has 5 nitrogen and oxygen atoms in total. The predicted molar refractivity (Wildman–Crippen MR) is 97.9 cm³/mol. The minimum atomic E-state index is -0.253. The van der Waals surface area contributed by atoms with Gasteiger partial charge in [0.25, 0.3) is 5.91 Å². The largest absolute Gasteiger partial charge is 0.372 e. The molecule has 0 unspecified atom stereocenters. The molecule has 1 aromatic carbocycles. The third-order valence-corrected chi connectivity index (χ3v) is 4.05. The maximum absolute atomic E-state index is 12.7. The van der Waals surface area contributed by atoms with Gasteiger partial charge < -0.3 is 14.7 Å². The Morgan fingerprint density at radius 3 is 2.25 bits per heavy atom. The quantitative estimate of drug-likeness (QED) is 0.884. The summed E-state index contributed by atoms with van der Waals surface area (Å²) in [6.07, 6.45) is 0. The van der Waals surface area contributed by atoms with Gasteiger partial charge in [-0.1, -0.05) is 25.9 Å². The number of rotatable bonds is 5. The Balaban J connectivity index is 2.20. The molecular weight excluding hydrogens is 302 g/mol. The van der Waals surface area contributed by atoms with Crippen molar-refractivity contribution in [3.05, 3.63) is 41.3 Å². The van der Waals surface area contributed by atoms with Gasteiger partial charge in [0.1, 0.15) is 17.0 Å². The van der Waals surface area contributed by atoms with Crippen LogP contribution in [0.1, 0.15) is 56.4 Å². The molecule has 0 atom stereocenters. The maximum Gasteiger partial charge on any atom is 0.261 e. The molecule has 0 aliphatic heterocycles. The van der Waals surface area contributed by atoms with Crippen LogP contribution >= 0.6 is 0 Å². The summed E-state index contributed by atoms with van der Waals surface area (Å²) >= 11 is 0. The summed E-state index contributed by atoms with van der Waals surface area (Å²) in [5.41, 5.74) is 2.86. The number of amides is 1. The molecule has 0 aliphatic rings. The van der Waals surface area contributed by atoms with Crippen LogP contribution < -0.4 is 10.2 Å². The Morgan fingerprint density at radius 1 is 1.17 bits per heavy atom. The number of nitrogens with one attached hydrogen (secondary N) is 1. The van der Waals surface area contributed by atoms with E-state index in [4.69, 9.17) is 4.52 Å². The summed E-state index contributed by atoms with van der Waals surface area (Å²) in [6.45, 7) is 14.0. The fourth-order valence-corrected chi connectivity index (χ4v) is 2.69. The van der Waals surface area contributed by atoms with Crippen molar-refractivity contribution >= 4 is 17.3 Å². The van der Waals surface area contributed by atoms with Crippen LogP contribution in [0, 0.1) is 6.92 Å². The first kappa shape index (κ1) is 18.0. The van der Waals surface area contributed by atoms with Crippen molar-refractivity contribution in [2.45, 2.75) is 47.0 Å². The highest BCUT2D eigenvalue weighted by molar-refractivity contribution is 6.06. The average Bonchev–Trinajstić information content (AvgIpc) is 2.92. The molecule has 1 aromatic heterocycles. The standard InChI is InChI=1S/C19H27N3O2/c1-7-22(8-2)15-11-9-14(10-12-15)20-18(23)16-13(3)24-21-17(16)19(4,5)6/h9-12H,7-8H2,1-6H3,(H,20,23). The molecule has 0 fully saturated rings. The zero-order chi connectivity index (χ0) is 17.9. The molecule has 0 saturated heterocycles. The zero-order valence-electron chi connectivity index (χ0n) is 15.4. The molecule has 24 heavy (non-hydrogen) atoms. The fraction of sp³-hybridized carbons (Fsp3) is 0.474. The minimum absolute atomic E-state index is 0.186. The van der Waals surface area contributed by atoms with Gasteiger partial charge >= 0.3 is 0 Å². The van der Waals surface area contributed by atoms with Gasteiger partial charge in [-0.2, -0.15) is 0 Å². The van der Waals surface area contributed by atoms with E-state index in [0.29, 0.717) is 17.0 Å². The normalized spacial score (nSPS) is 11.4. The van der Waals surface area contributed by atoms with Crippen LogP contribution in [0.5, 0.6) is 0 Å². The highest BCUT2D eigenvalue weighted by Crippen LogP contribution is 2.28. The fourth-order valence-electron chi connectivity index (χ4n) is 2.69. The van der Waals surface area contributed by atoms with Crippen LogP contribution in [0.15, 0.2) is 28.8 Å². The van der Waals surface area contributed by atoms with E-state index in [0.717, 1.165) is 24.5 Å². The number of carbonyl (C=O) groups is 1. The van der Waals surface area contributed by atoms with Gasteiger partial charge in [0.05, 0.1) is 0 Å². The topological polar surface area (TPSA) is 58.4 Å². The molecule has 0 saturated carbocycles. The summed E-state index contributed by atoms with van der Waals surface area (Å²) in [7, 11) is 0. The number of hydrogen-bond donors (Lipinski definition) is 1. The molecule has 2 rings (SSSR count). The minimum Gasteiger partial charge on any atom is -0.372 e. The smallest absolute Gasteiger partial charge is 0.261 e. The van der Waals surface area contributed by atoms with E-state index >= 15 is 0 Å². The number of anilines is 2. The van der Waals surface area contributed by atoms with Gasteiger partial charge in [0.2, 0.25) is 0 Å². The van der Waals surface area contributed by atoms with Crippen molar-refractivity contribution in [2.75, 3.05) is 23.3 Å². The second-order valence-electron chi connectivity index (χ2n) is 6.89.